The molecule has 0 saturated carbocycles. The van der Waals surface area contributed by atoms with E-state index in [1.165, 1.54) is 18.4 Å². The lowest BCUT2D eigenvalue weighted by Crippen LogP contribution is -2.40. The molecule has 1 saturated heterocycles. The second kappa shape index (κ2) is 11.9. The van der Waals surface area contributed by atoms with E-state index in [9.17, 15) is 0 Å². The number of guanidine groups is 1. The Labute approximate surface area is 184 Å². The minimum atomic E-state index is 0.355. The van der Waals surface area contributed by atoms with Crippen molar-refractivity contribution in [2.24, 2.45) is 10.9 Å². The number of likely N-dealkylation sites (tertiary alicyclic amines) is 1. The number of aliphatic imine (C=N–C) groups is 1. The molecule has 2 heterocycles. The number of aromatic nitrogens is 3. The molecule has 2 aromatic rings. The van der Waals surface area contributed by atoms with Crippen molar-refractivity contribution < 1.29 is 0 Å². The minimum Gasteiger partial charge on any atom is -0.357 e. The van der Waals surface area contributed by atoms with Gasteiger partial charge in [0.1, 0.15) is 12.7 Å². The van der Waals surface area contributed by atoms with E-state index in [4.69, 9.17) is 16.6 Å². The van der Waals surface area contributed by atoms with Gasteiger partial charge in [-0.2, -0.15) is 0 Å². The van der Waals surface area contributed by atoms with Gasteiger partial charge in [-0.05, 0) is 69.8 Å². The Morgan fingerprint density at radius 3 is 2.83 bits per heavy atom. The zero-order chi connectivity index (χ0) is 21.2. The number of halogens is 1. The summed E-state index contributed by atoms with van der Waals surface area (Å²) in [5.74, 6) is 1.38. The predicted molar refractivity (Wildman–Crippen MR) is 123 cm³/mol. The van der Waals surface area contributed by atoms with Crippen LogP contribution in [0.1, 0.15) is 44.2 Å². The Balaban J connectivity index is 1.54. The lowest BCUT2D eigenvalue weighted by atomic mass is 9.85. The molecule has 1 aromatic heterocycles. The van der Waals surface area contributed by atoms with E-state index in [0.717, 1.165) is 56.5 Å². The number of aryl methyl sites for hydroxylation is 1. The maximum atomic E-state index is 6.27. The first kappa shape index (κ1) is 22.6. The molecule has 1 aliphatic rings. The van der Waals surface area contributed by atoms with Crippen molar-refractivity contribution in [2.75, 3.05) is 33.2 Å². The van der Waals surface area contributed by atoms with Gasteiger partial charge in [-0.15, -0.1) is 10.2 Å². The summed E-state index contributed by atoms with van der Waals surface area (Å²) >= 11 is 6.27. The molecule has 0 amide bonds. The second-order valence-corrected chi connectivity index (χ2v) is 8.37. The molecule has 30 heavy (non-hydrogen) atoms. The summed E-state index contributed by atoms with van der Waals surface area (Å²) in [7, 11) is 2.21. The van der Waals surface area contributed by atoms with Gasteiger partial charge in [0, 0.05) is 37.2 Å². The highest BCUT2D eigenvalue weighted by molar-refractivity contribution is 6.30. The fraction of sp³-hybridized carbons (Fsp3) is 0.591. The van der Waals surface area contributed by atoms with Crippen LogP contribution in [0.5, 0.6) is 0 Å². The molecule has 1 aromatic carbocycles. The molecule has 1 aliphatic heterocycles. The molecule has 0 radical (unpaired) electrons. The van der Waals surface area contributed by atoms with Crippen LogP contribution in [0, 0.1) is 5.92 Å². The standard InChI is InChI=1S/C22H34ClN7/c1-3-24-22(25-11-4-5-13-30-16-27-28-17-30)26-15-19-9-7-12-29(2)21(19)18-8-6-10-20(23)14-18/h6,8,10,14,16-17,19,21H,3-5,7,9,11-13,15H2,1-2H3,(H2,24,25,26). The quantitative estimate of drug-likeness (QED) is 0.362. The largest absolute Gasteiger partial charge is 0.357 e. The van der Waals surface area contributed by atoms with E-state index in [-0.39, 0.29) is 0 Å². The van der Waals surface area contributed by atoms with Gasteiger partial charge in [0.05, 0.1) is 0 Å². The second-order valence-electron chi connectivity index (χ2n) is 7.94. The molecule has 164 valence electrons. The highest BCUT2D eigenvalue weighted by Gasteiger charge is 2.30. The van der Waals surface area contributed by atoms with E-state index < -0.39 is 0 Å². The summed E-state index contributed by atoms with van der Waals surface area (Å²) in [6.45, 7) is 6.72. The molecule has 8 heteroatoms. The van der Waals surface area contributed by atoms with Gasteiger partial charge in [0.25, 0.3) is 0 Å². The van der Waals surface area contributed by atoms with Crippen molar-refractivity contribution in [3.63, 3.8) is 0 Å². The van der Waals surface area contributed by atoms with E-state index >= 15 is 0 Å². The summed E-state index contributed by atoms with van der Waals surface area (Å²) < 4.78 is 2.01. The zero-order valence-electron chi connectivity index (χ0n) is 18.1. The molecule has 2 N–H and O–H groups in total. The number of piperidine rings is 1. The Bertz CT molecular complexity index is 778. The van der Waals surface area contributed by atoms with Crippen LogP contribution in [0.15, 0.2) is 41.9 Å². The lowest BCUT2D eigenvalue weighted by Gasteiger charge is -2.39. The van der Waals surface area contributed by atoms with Crippen LogP contribution in [-0.2, 0) is 6.54 Å². The first-order valence-corrected chi connectivity index (χ1v) is 11.4. The van der Waals surface area contributed by atoms with Crippen molar-refractivity contribution in [3.05, 3.63) is 47.5 Å². The summed E-state index contributed by atoms with van der Waals surface area (Å²) in [5, 5.41) is 15.3. The Kier molecular flexibility index (Phi) is 8.96. The average molecular weight is 432 g/mol. The smallest absolute Gasteiger partial charge is 0.191 e. The summed E-state index contributed by atoms with van der Waals surface area (Å²) in [5.41, 5.74) is 1.29. The van der Waals surface area contributed by atoms with Crippen molar-refractivity contribution in [2.45, 2.75) is 45.2 Å². The number of hydrogen-bond donors (Lipinski definition) is 2. The zero-order valence-corrected chi connectivity index (χ0v) is 18.9. The average Bonchev–Trinajstić information content (AvgIpc) is 3.25. The van der Waals surface area contributed by atoms with Gasteiger partial charge < -0.3 is 15.2 Å². The highest BCUT2D eigenvalue weighted by Crippen LogP contribution is 2.36. The fourth-order valence-electron chi connectivity index (χ4n) is 4.18. The van der Waals surface area contributed by atoms with Gasteiger partial charge >= 0.3 is 0 Å². The van der Waals surface area contributed by atoms with Gasteiger partial charge in [0.2, 0.25) is 0 Å². The number of unbranched alkanes of at least 4 members (excludes halogenated alkanes) is 1. The maximum absolute atomic E-state index is 6.27. The van der Waals surface area contributed by atoms with Crippen molar-refractivity contribution in [1.29, 1.82) is 0 Å². The molecule has 3 rings (SSSR count). The molecular formula is C22H34ClN7. The maximum Gasteiger partial charge on any atom is 0.191 e. The summed E-state index contributed by atoms with van der Waals surface area (Å²) in [6, 6.07) is 8.63. The van der Waals surface area contributed by atoms with E-state index in [0.29, 0.717) is 12.0 Å². The lowest BCUT2D eigenvalue weighted by molar-refractivity contribution is 0.125. The third kappa shape index (κ3) is 6.71. The monoisotopic (exact) mass is 431 g/mol. The van der Waals surface area contributed by atoms with Crippen LogP contribution in [0.3, 0.4) is 0 Å². The molecule has 0 bridgehead atoms. The number of hydrogen-bond acceptors (Lipinski definition) is 4. The van der Waals surface area contributed by atoms with Gasteiger partial charge in [-0.25, -0.2) is 0 Å². The highest BCUT2D eigenvalue weighted by atomic mass is 35.5. The SMILES string of the molecule is CCNC(=NCC1CCCN(C)C1c1cccc(Cl)c1)NCCCCn1cnnc1. The molecule has 1 fully saturated rings. The first-order chi connectivity index (χ1) is 14.7. The molecule has 0 aliphatic carbocycles. The van der Waals surface area contributed by atoms with Crippen LogP contribution >= 0.6 is 11.6 Å². The van der Waals surface area contributed by atoms with E-state index in [1.807, 2.05) is 16.7 Å². The van der Waals surface area contributed by atoms with Crippen LogP contribution in [-0.4, -0.2) is 58.9 Å². The fourth-order valence-corrected chi connectivity index (χ4v) is 4.38. The van der Waals surface area contributed by atoms with Crippen LogP contribution < -0.4 is 10.6 Å². The van der Waals surface area contributed by atoms with Crippen LogP contribution in [0.2, 0.25) is 5.02 Å². The minimum absolute atomic E-state index is 0.355. The Morgan fingerprint density at radius 2 is 2.07 bits per heavy atom. The molecule has 2 atom stereocenters. The van der Waals surface area contributed by atoms with E-state index in [1.54, 1.807) is 12.7 Å². The molecule has 7 nitrogen and oxygen atoms in total. The summed E-state index contributed by atoms with van der Waals surface area (Å²) in [4.78, 5) is 7.37. The first-order valence-electron chi connectivity index (χ1n) is 11.0. The van der Waals surface area contributed by atoms with Gasteiger partial charge in [-0.1, -0.05) is 23.7 Å². The van der Waals surface area contributed by atoms with Gasteiger partial charge in [-0.3, -0.25) is 9.89 Å². The van der Waals surface area contributed by atoms with Crippen LogP contribution in [0.25, 0.3) is 0 Å². The number of nitrogens with one attached hydrogen (secondary N) is 2. The summed E-state index contributed by atoms with van der Waals surface area (Å²) in [6.07, 6.45) is 8.06. The van der Waals surface area contributed by atoms with Crippen LogP contribution in [0.4, 0.5) is 0 Å². The van der Waals surface area contributed by atoms with Crippen molar-refractivity contribution in [3.8, 4) is 0 Å². The number of benzene rings is 1. The van der Waals surface area contributed by atoms with Crippen molar-refractivity contribution >= 4 is 17.6 Å². The Hall–Kier alpha value is -2.12. The van der Waals surface area contributed by atoms with E-state index in [2.05, 4.69) is 51.8 Å². The normalized spacial score (nSPS) is 20.3. The number of nitrogens with zero attached hydrogens (tertiary/aromatic N) is 5. The topological polar surface area (TPSA) is 70.4 Å². The predicted octanol–water partition coefficient (Wildman–Crippen LogP) is 3.35. The van der Waals surface area contributed by atoms with Crippen molar-refractivity contribution in [1.82, 2.24) is 30.3 Å². The Morgan fingerprint density at radius 1 is 1.23 bits per heavy atom. The third-order valence-electron chi connectivity index (χ3n) is 5.63. The molecule has 2 unspecified atom stereocenters. The van der Waals surface area contributed by atoms with Gasteiger partial charge in [0.15, 0.2) is 5.96 Å². The number of rotatable bonds is 9. The molecular weight excluding hydrogens is 398 g/mol. The third-order valence-corrected chi connectivity index (χ3v) is 5.86. The molecule has 0 spiro atoms.